The van der Waals surface area contributed by atoms with Crippen LogP contribution in [-0.2, 0) is 15.4 Å². The zero-order chi connectivity index (χ0) is 6.57. The first-order chi connectivity index (χ1) is 3.66. The maximum Gasteiger partial charge on any atom is 0.234 e. The third-order valence-electron chi connectivity index (χ3n) is 0.483. The predicted molar refractivity (Wildman–Crippen MR) is 33.4 cm³/mol. The lowest BCUT2D eigenvalue weighted by Gasteiger charge is -2.02. The molecule has 0 bridgehead atoms. The Hall–Kier alpha value is 0.0700. The van der Waals surface area contributed by atoms with Gasteiger partial charge in [0.05, 0.1) is 7.11 Å². The molecule has 0 spiro atoms. The van der Waals surface area contributed by atoms with Gasteiger partial charge >= 0.3 is 0 Å². The molecule has 0 aromatic heterocycles. The molecular formula is C4H11NO2S. The molecule has 1 atom stereocenters. The standard InChI is InChI=1S/C4H11NO2S/c1-4(2)5-8(6)7-3/h4-5H,1-3H3. The van der Waals surface area contributed by atoms with Gasteiger partial charge in [0, 0.05) is 6.04 Å². The minimum Gasteiger partial charge on any atom is -0.282 e. The Morgan fingerprint density at radius 2 is 2.12 bits per heavy atom. The summed E-state index contributed by atoms with van der Waals surface area (Å²) < 4.78 is 17.5. The topological polar surface area (TPSA) is 38.3 Å². The monoisotopic (exact) mass is 137 g/mol. The number of hydrogen-bond donors (Lipinski definition) is 1. The molecule has 1 N–H and O–H groups in total. The Labute approximate surface area is 52.2 Å². The third kappa shape index (κ3) is 4.23. The molecular weight excluding hydrogens is 126 g/mol. The van der Waals surface area contributed by atoms with Crippen LogP contribution < -0.4 is 4.72 Å². The van der Waals surface area contributed by atoms with Crippen molar-refractivity contribution in [2.45, 2.75) is 19.9 Å². The van der Waals surface area contributed by atoms with Gasteiger partial charge < -0.3 is 0 Å². The van der Waals surface area contributed by atoms with Gasteiger partial charge in [-0.15, -0.1) is 0 Å². The van der Waals surface area contributed by atoms with Crippen molar-refractivity contribution in [1.29, 1.82) is 0 Å². The molecule has 0 radical (unpaired) electrons. The van der Waals surface area contributed by atoms with Crippen molar-refractivity contribution in [3.8, 4) is 0 Å². The molecule has 0 aromatic rings. The fourth-order valence-electron chi connectivity index (χ4n) is 0.241. The molecule has 0 aliphatic heterocycles. The highest BCUT2D eigenvalue weighted by Crippen LogP contribution is 1.79. The summed E-state index contributed by atoms with van der Waals surface area (Å²) in [6, 6.07) is 0.204. The first-order valence-electron chi connectivity index (χ1n) is 2.39. The van der Waals surface area contributed by atoms with E-state index in [0.29, 0.717) is 0 Å². The van der Waals surface area contributed by atoms with Crippen LogP contribution in [-0.4, -0.2) is 17.4 Å². The maximum atomic E-state index is 10.4. The second-order valence-corrected chi connectivity index (χ2v) is 2.71. The van der Waals surface area contributed by atoms with Crippen LogP contribution in [0.4, 0.5) is 0 Å². The molecule has 0 amide bonds. The molecule has 4 heteroatoms. The summed E-state index contributed by atoms with van der Waals surface area (Å²) in [5.74, 6) is 0. The van der Waals surface area contributed by atoms with E-state index >= 15 is 0 Å². The van der Waals surface area contributed by atoms with Crippen molar-refractivity contribution in [3.05, 3.63) is 0 Å². The lowest BCUT2D eigenvalue weighted by Crippen LogP contribution is -2.25. The van der Waals surface area contributed by atoms with Gasteiger partial charge in [-0.05, 0) is 13.8 Å². The lowest BCUT2D eigenvalue weighted by atomic mass is 10.4. The van der Waals surface area contributed by atoms with E-state index in [9.17, 15) is 4.21 Å². The van der Waals surface area contributed by atoms with Gasteiger partial charge in [-0.2, -0.15) is 0 Å². The van der Waals surface area contributed by atoms with Gasteiger partial charge in [0.15, 0.2) is 0 Å². The average molecular weight is 137 g/mol. The van der Waals surface area contributed by atoms with E-state index in [1.165, 1.54) is 7.11 Å². The molecule has 50 valence electrons. The van der Waals surface area contributed by atoms with Crippen molar-refractivity contribution in [3.63, 3.8) is 0 Å². The molecule has 8 heavy (non-hydrogen) atoms. The van der Waals surface area contributed by atoms with Crippen LogP contribution in [0.25, 0.3) is 0 Å². The molecule has 3 nitrogen and oxygen atoms in total. The highest BCUT2D eigenvalue weighted by Gasteiger charge is 1.96. The van der Waals surface area contributed by atoms with E-state index in [0.717, 1.165) is 0 Å². The van der Waals surface area contributed by atoms with Crippen molar-refractivity contribution in [1.82, 2.24) is 4.72 Å². The highest BCUT2D eigenvalue weighted by molar-refractivity contribution is 7.78. The van der Waals surface area contributed by atoms with Gasteiger partial charge in [0.25, 0.3) is 0 Å². The summed E-state index contributed by atoms with van der Waals surface area (Å²) in [5.41, 5.74) is 0. The van der Waals surface area contributed by atoms with Crippen LogP contribution in [0, 0.1) is 0 Å². The van der Waals surface area contributed by atoms with Crippen LogP contribution in [0.3, 0.4) is 0 Å². The smallest absolute Gasteiger partial charge is 0.234 e. The molecule has 0 aromatic carbocycles. The minimum absolute atomic E-state index is 0.204. The maximum absolute atomic E-state index is 10.4. The molecule has 0 aliphatic rings. The Kier molecular flexibility index (Phi) is 4.03. The molecule has 1 unspecified atom stereocenters. The Bertz CT molecular complexity index is 84.1. The van der Waals surface area contributed by atoms with Crippen molar-refractivity contribution >= 4 is 11.3 Å². The number of nitrogens with one attached hydrogen (secondary N) is 1. The quantitative estimate of drug-likeness (QED) is 0.604. The summed E-state index contributed by atoms with van der Waals surface area (Å²) in [7, 11) is 1.39. The van der Waals surface area contributed by atoms with Crippen molar-refractivity contribution in [2.75, 3.05) is 7.11 Å². The molecule has 0 heterocycles. The van der Waals surface area contributed by atoms with Crippen LogP contribution in [0.5, 0.6) is 0 Å². The second-order valence-electron chi connectivity index (χ2n) is 1.67. The Morgan fingerprint density at radius 3 is 2.25 bits per heavy atom. The third-order valence-corrected chi connectivity index (χ3v) is 1.45. The second kappa shape index (κ2) is 4.00. The van der Waals surface area contributed by atoms with E-state index in [-0.39, 0.29) is 6.04 Å². The van der Waals surface area contributed by atoms with Gasteiger partial charge in [-0.25, -0.2) is 8.93 Å². The largest absolute Gasteiger partial charge is 0.282 e. The van der Waals surface area contributed by atoms with E-state index < -0.39 is 11.3 Å². The Balaban J connectivity index is 3.25. The summed E-state index contributed by atoms with van der Waals surface area (Å²) in [4.78, 5) is 0. The van der Waals surface area contributed by atoms with Crippen LogP contribution >= 0.6 is 0 Å². The first kappa shape index (κ1) is 8.07. The molecule has 0 aliphatic carbocycles. The van der Waals surface area contributed by atoms with E-state index in [1.807, 2.05) is 13.8 Å². The molecule has 0 saturated carbocycles. The predicted octanol–water partition coefficient (Wildman–Crippen LogP) is 0.209. The van der Waals surface area contributed by atoms with Crippen molar-refractivity contribution < 1.29 is 8.39 Å². The normalized spacial score (nSPS) is 14.5. The lowest BCUT2D eigenvalue weighted by molar-refractivity contribution is 0.432. The first-order valence-corrected chi connectivity index (χ1v) is 3.46. The van der Waals surface area contributed by atoms with Crippen molar-refractivity contribution in [2.24, 2.45) is 0 Å². The molecule has 0 rings (SSSR count). The van der Waals surface area contributed by atoms with Crippen LogP contribution in [0.2, 0.25) is 0 Å². The highest BCUT2D eigenvalue weighted by atomic mass is 32.2. The summed E-state index contributed by atoms with van der Waals surface area (Å²) in [5, 5.41) is 0. The van der Waals surface area contributed by atoms with E-state index in [1.54, 1.807) is 0 Å². The van der Waals surface area contributed by atoms with Gasteiger partial charge in [-0.1, -0.05) is 0 Å². The van der Waals surface area contributed by atoms with Gasteiger partial charge in [0.1, 0.15) is 0 Å². The minimum atomic E-state index is -1.31. The fraction of sp³-hybridized carbons (Fsp3) is 1.00. The van der Waals surface area contributed by atoms with Gasteiger partial charge in [0.2, 0.25) is 11.3 Å². The zero-order valence-electron chi connectivity index (χ0n) is 5.30. The van der Waals surface area contributed by atoms with Crippen LogP contribution in [0.1, 0.15) is 13.8 Å². The fourth-order valence-corrected chi connectivity index (χ4v) is 0.722. The summed E-state index contributed by atoms with van der Waals surface area (Å²) in [6.45, 7) is 3.80. The SMILES string of the molecule is COS(=O)NC(C)C. The summed E-state index contributed by atoms with van der Waals surface area (Å²) in [6.07, 6.45) is 0. The summed E-state index contributed by atoms with van der Waals surface area (Å²) >= 11 is -1.31. The van der Waals surface area contributed by atoms with E-state index in [4.69, 9.17) is 0 Å². The molecule has 0 saturated heterocycles. The van der Waals surface area contributed by atoms with Crippen LogP contribution in [0.15, 0.2) is 0 Å². The Morgan fingerprint density at radius 1 is 1.62 bits per heavy atom. The molecule has 0 fully saturated rings. The van der Waals surface area contributed by atoms with Gasteiger partial charge in [-0.3, -0.25) is 4.18 Å². The average Bonchev–Trinajstić information content (AvgIpc) is 1.65. The van der Waals surface area contributed by atoms with E-state index in [2.05, 4.69) is 8.91 Å². The number of rotatable bonds is 3. The number of hydrogen-bond acceptors (Lipinski definition) is 2. The zero-order valence-corrected chi connectivity index (χ0v) is 6.12.